The lowest BCUT2D eigenvalue weighted by atomic mass is 10.1. The molecule has 0 unspecified atom stereocenters. The van der Waals surface area contributed by atoms with Crippen molar-refractivity contribution in [2.75, 3.05) is 18.1 Å². The molecule has 0 atom stereocenters. The third kappa shape index (κ3) is 5.50. The summed E-state index contributed by atoms with van der Waals surface area (Å²) in [5.41, 5.74) is -0.262. The van der Waals surface area contributed by atoms with Crippen LogP contribution in [0.1, 0.15) is 41.2 Å². The van der Waals surface area contributed by atoms with E-state index in [4.69, 9.17) is 0 Å². The minimum absolute atomic E-state index is 0.00344. The number of nitrogens with one attached hydrogen (secondary N) is 1. The van der Waals surface area contributed by atoms with E-state index in [1.54, 1.807) is 0 Å². The summed E-state index contributed by atoms with van der Waals surface area (Å²) in [6, 6.07) is 7.59. The van der Waals surface area contributed by atoms with Crippen LogP contribution in [0.5, 0.6) is 0 Å². The van der Waals surface area contributed by atoms with Gasteiger partial charge in [0.05, 0.1) is 28.4 Å². The van der Waals surface area contributed by atoms with E-state index in [1.807, 2.05) is 13.8 Å². The van der Waals surface area contributed by atoms with Crippen molar-refractivity contribution in [3.63, 3.8) is 0 Å². The van der Waals surface area contributed by atoms with E-state index < -0.39 is 27.6 Å². The number of aromatic nitrogens is 3. The van der Waals surface area contributed by atoms with Gasteiger partial charge in [-0.3, -0.25) is 14.6 Å². The molecule has 0 saturated heterocycles. The first-order valence-corrected chi connectivity index (χ1v) is 13.2. The Balaban J connectivity index is 1.69. The summed E-state index contributed by atoms with van der Waals surface area (Å²) in [4.78, 5) is 35.9. The molecule has 1 aromatic carbocycles. The van der Waals surface area contributed by atoms with Crippen LogP contribution in [-0.4, -0.2) is 52.6 Å². The Bertz CT molecular complexity index is 1500. The highest BCUT2D eigenvalue weighted by Crippen LogP contribution is 2.28. The van der Waals surface area contributed by atoms with Crippen LogP contribution >= 0.6 is 0 Å². The van der Waals surface area contributed by atoms with Gasteiger partial charge in [-0.1, -0.05) is 0 Å². The highest BCUT2D eigenvalue weighted by molar-refractivity contribution is 7.90. The number of hydrogen-bond acceptors (Lipinski definition) is 7. The first-order valence-electron chi connectivity index (χ1n) is 11.3. The van der Waals surface area contributed by atoms with Gasteiger partial charge in [0.15, 0.2) is 9.84 Å². The molecule has 196 valence electrons. The highest BCUT2D eigenvalue weighted by atomic mass is 32.2. The van der Waals surface area contributed by atoms with Crippen molar-refractivity contribution in [1.82, 2.24) is 19.4 Å². The number of sulfone groups is 1. The number of amides is 1. The number of halogens is 3. The number of alkyl halides is 3. The van der Waals surface area contributed by atoms with Crippen molar-refractivity contribution in [2.45, 2.75) is 43.9 Å². The van der Waals surface area contributed by atoms with Gasteiger partial charge in [-0.25, -0.2) is 18.0 Å². The molecule has 0 saturated carbocycles. The summed E-state index contributed by atoms with van der Waals surface area (Å²) in [6.45, 7) is 3.87. The van der Waals surface area contributed by atoms with E-state index in [0.29, 0.717) is 16.9 Å². The molecule has 13 heteroatoms. The Morgan fingerprint density at radius 3 is 2.32 bits per heavy atom. The molecule has 4 rings (SSSR count). The number of nitrogens with zero attached hydrogens (tertiary/aromatic N) is 4. The number of rotatable bonds is 5. The lowest BCUT2D eigenvalue weighted by Gasteiger charge is -2.29. The Morgan fingerprint density at radius 1 is 1.11 bits per heavy atom. The summed E-state index contributed by atoms with van der Waals surface area (Å²) >= 11 is 0. The smallest absolute Gasteiger partial charge is 0.353 e. The monoisotopic (exact) mass is 535 g/mol. The van der Waals surface area contributed by atoms with Crippen LogP contribution in [-0.2, 0) is 29.0 Å². The van der Waals surface area contributed by atoms with Crippen molar-refractivity contribution in [2.24, 2.45) is 0 Å². The molecule has 0 bridgehead atoms. The van der Waals surface area contributed by atoms with Crippen molar-refractivity contribution < 1.29 is 26.4 Å². The average molecular weight is 536 g/mol. The van der Waals surface area contributed by atoms with Gasteiger partial charge >= 0.3 is 6.18 Å². The molecular formula is C24H24F3N5O4S. The van der Waals surface area contributed by atoms with Crippen LogP contribution in [0.2, 0.25) is 0 Å². The second-order valence-corrected chi connectivity index (χ2v) is 11.0. The molecule has 3 aromatic rings. The van der Waals surface area contributed by atoms with Crippen LogP contribution in [0.25, 0.3) is 5.69 Å². The SMILES string of the molecule is CC(C)Nc1nc2c(c(=O)n1-c1ccc(S(C)(=O)=O)cc1)CCN(C(=O)c1ccc(C(F)(F)F)nc1)C2. The predicted molar refractivity (Wildman–Crippen MR) is 129 cm³/mol. The summed E-state index contributed by atoms with van der Waals surface area (Å²) in [7, 11) is -3.42. The van der Waals surface area contributed by atoms with Crippen LogP contribution in [0.4, 0.5) is 19.1 Å². The maximum absolute atomic E-state index is 13.5. The number of pyridine rings is 1. The second-order valence-electron chi connectivity index (χ2n) is 8.97. The van der Waals surface area contributed by atoms with Crippen LogP contribution in [0.3, 0.4) is 0 Å². The number of anilines is 1. The Kier molecular flexibility index (Phi) is 6.84. The minimum Gasteiger partial charge on any atom is -0.353 e. The van der Waals surface area contributed by atoms with Crippen molar-refractivity contribution in [3.05, 3.63) is 75.5 Å². The van der Waals surface area contributed by atoms with E-state index in [9.17, 15) is 31.2 Å². The Hall–Kier alpha value is -3.74. The van der Waals surface area contributed by atoms with E-state index in [0.717, 1.165) is 24.6 Å². The topological polar surface area (TPSA) is 114 Å². The number of carbonyl (C=O) groups excluding carboxylic acids is 1. The first kappa shape index (κ1) is 26.3. The van der Waals surface area contributed by atoms with Gasteiger partial charge in [-0.15, -0.1) is 0 Å². The molecule has 1 N–H and O–H groups in total. The van der Waals surface area contributed by atoms with Crippen molar-refractivity contribution >= 4 is 21.7 Å². The molecule has 0 fully saturated rings. The zero-order valence-electron chi connectivity index (χ0n) is 20.2. The van der Waals surface area contributed by atoms with Gasteiger partial charge in [0, 0.05) is 30.6 Å². The largest absolute Gasteiger partial charge is 0.433 e. The fourth-order valence-electron chi connectivity index (χ4n) is 3.97. The minimum atomic E-state index is -4.61. The maximum Gasteiger partial charge on any atom is 0.433 e. The molecule has 9 nitrogen and oxygen atoms in total. The lowest BCUT2D eigenvalue weighted by Crippen LogP contribution is -2.41. The first-order chi connectivity index (χ1) is 17.3. The Labute approximate surface area is 210 Å². The lowest BCUT2D eigenvalue weighted by molar-refractivity contribution is -0.141. The molecular weight excluding hydrogens is 511 g/mol. The number of carbonyl (C=O) groups is 1. The van der Waals surface area contributed by atoms with Gasteiger partial charge in [-0.05, 0) is 56.7 Å². The summed E-state index contributed by atoms with van der Waals surface area (Å²) in [5.74, 6) is -0.302. The fourth-order valence-corrected chi connectivity index (χ4v) is 4.60. The van der Waals surface area contributed by atoms with Crippen LogP contribution in [0, 0.1) is 0 Å². The molecule has 1 amide bonds. The van der Waals surface area contributed by atoms with Gasteiger partial charge in [0.25, 0.3) is 11.5 Å². The molecule has 0 radical (unpaired) electrons. The number of hydrogen-bond donors (Lipinski definition) is 1. The molecule has 37 heavy (non-hydrogen) atoms. The second kappa shape index (κ2) is 9.61. The molecule has 0 aliphatic carbocycles. The average Bonchev–Trinajstić information content (AvgIpc) is 2.82. The van der Waals surface area contributed by atoms with E-state index in [-0.39, 0.29) is 47.5 Å². The third-order valence-electron chi connectivity index (χ3n) is 5.76. The standard InChI is InChI=1S/C24H24F3N5O4S/c1-14(2)29-23-30-19-13-31(21(33)15-4-9-20(28-12-15)24(25,26)27)11-10-18(19)22(34)32(23)16-5-7-17(8-6-16)37(3,35)36/h4-9,12,14H,10-11,13H2,1-3H3,(H,29,30). The number of fused-ring (bicyclic) bond motifs is 1. The van der Waals surface area contributed by atoms with Gasteiger partial charge in [0.2, 0.25) is 5.95 Å². The fraction of sp³-hybridized carbons (Fsp3) is 0.333. The summed E-state index contributed by atoms with van der Waals surface area (Å²) in [5, 5.41) is 3.12. The predicted octanol–water partition coefficient (Wildman–Crippen LogP) is 3.07. The molecule has 1 aliphatic heterocycles. The highest BCUT2D eigenvalue weighted by Gasteiger charge is 2.33. The maximum atomic E-state index is 13.5. The van der Waals surface area contributed by atoms with Crippen molar-refractivity contribution in [1.29, 1.82) is 0 Å². The quantitative estimate of drug-likeness (QED) is 0.534. The normalized spacial score (nSPS) is 14.0. The number of benzene rings is 1. The van der Waals surface area contributed by atoms with E-state index in [1.165, 1.54) is 33.7 Å². The zero-order valence-corrected chi connectivity index (χ0v) is 21.0. The van der Waals surface area contributed by atoms with Gasteiger partial charge in [-0.2, -0.15) is 13.2 Å². The van der Waals surface area contributed by atoms with Crippen LogP contribution in [0.15, 0.2) is 52.3 Å². The molecule has 2 aromatic heterocycles. The Morgan fingerprint density at radius 2 is 1.78 bits per heavy atom. The van der Waals surface area contributed by atoms with Gasteiger partial charge < -0.3 is 10.2 Å². The van der Waals surface area contributed by atoms with E-state index in [2.05, 4.69) is 15.3 Å². The summed E-state index contributed by atoms with van der Waals surface area (Å²) < 4.78 is 63.4. The van der Waals surface area contributed by atoms with Crippen LogP contribution < -0.4 is 10.9 Å². The zero-order chi connectivity index (χ0) is 27.1. The van der Waals surface area contributed by atoms with Crippen molar-refractivity contribution in [3.8, 4) is 5.69 Å². The summed E-state index contributed by atoms with van der Waals surface area (Å²) in [6.07, 6.45) is -2.45. The van der Waals surface area contributed by atoms with Gasteiger partial charge in [0.1, 0.15) is 5.69 Å². The molecule has 1 aliphatic rings. The van der Waals surface area contributed by atoms with E-state index >= 15 is 0 Å². The molecule has 0 spiro atoms. The molecule has 3 heterocycles. The third-order valence-corrected chi connectivity index (χ3v) is 6.89.